The van der Waals surface area contributed by atoms with Crippen molar-refractivity contribution in [2.75, 3.05) is 6.54 Å². The molecule has 0 bridgehead atoms. The molecule has 108 valence electrons. The number of rotatable bonds is 5. The summed E-state index contributed by atoms with van der Waals surface area (Å²) in [6.45, 7) is 5.06. The maximum Gasteiger partial charge on any atom is 0.237 e. The number of amides is 1. The molecule has 2 heterocycles. The van der Waals surface area contributed by atoms with E-state index < -0.39 is 0 Å². The van der Waals surface area contributed by atoms with Crippen LogP contribution in [0.1, 0.15) is 10.4 Å². The molecule has 1 aromatic heterocycles. The van der Waals surface area contributed by atoms with E-state index in [1.807, 2.05) is 28.5 Å². The molecule has 0 saturated carbocycles. The zero-order valence-corrected chi connectivity index (χ0v) is 13.3. The summed E-state index contributed by atoms with van der Waals surface area (Å²) in [6.07, 6.45) is 2.63. The Morgan fingerprint density at radius 1 is 1.33 bits per heavy atom. The summed E-state index contributed by atoms with van der Waals surface area (Å²) >= 11 is 3.38. The highest BCUT2D eigenvalue weighted by atomic mass is 32.2. The van der Waals surface area contributed by atoms with Crippen LogP contribution in [0.15, 0.2) is 59.3 Å². The first-order chi connectivity index (χ1) is 10.3. The Labute approximate surface area is 133 Å². The van der Waals surface area contributed by atoms with Crippen LogP contribution in [0, 0.1) is 0 Å². The number of hydrogen-bond donors (Lipinski definition) is 0. The number of carbonyl (C=O) groups excluding carboxylic acids is 1. The Balaban J connectivity index is 1.72. The minimum Gasteiger partial charge on any atom is -0.333 e. The van der Waals surface area contributed by atoms with Gasteiger partial charge in [-0.15, -0.1) is 29.7 Å². The van der Waals surface area contributed by atoms with Crippen molar-refractivity contribution in [1.82, 2.24) is 4.90 Å². The molecule has 0 aliphatic carbocycles. The largest absolute Gasteiger partial charge is 0.333 e. The van der Waals surface area contributed by atoms with Crippen LogP contribution in [0.25, 0.3) is 0 Å². The molecule has 1 aromatic carbocycles. The monoisotopic (exact) mass is 315 g/mol. The van der Waals surface area contributed by atoms with Crippen molar-refractivity contribution < 1.29 is 4.79 Å². The number of thioether (sulfide) groups is 1. The van der Waals surface area contributed by atoms with E-state index in [9.17, 15) is 4.79 Å². The topological polar surface area (TPSA) is 20.3 Å². The highest BCUT2D eigenvalue weighted by Crippen LogP contribution is 2.37. The third-order valence-electron chi connectivity index (χ3n) is 3.51. The smallest absolute Gasteiger partial charge is 0.237 e. The lowest BCUT2D eigenvalue weighted by Crippen LogP contribution is -2.37. The molecule has 0 spiro atoms. The average Bonchev–Trinajstić information content (AvgIpc) is 3.14. The minimum atomic E-state index is 0.00214. The molecule has 1 aliphatic heterocycles. The van der Waals surface area contributed by atoms with Gasteiger partial charge in [-0.05, 0) is 29.5 Å². The molecule has 3 rings (SSSR count). The van der Waals surface area contributed by atoms with Crippen LogP contribution in [0.5, 0.6) is 0 Å². The second-order valence-corrected chi connectivity index (χ2v) is 7.28. The van der Waals surface area contributed by atoms with Gasteiger partial charge in [0.1, 0.15) is 0 Å². The quantitative estimate of drug-likeness (QED) is 0.778. The van der Waals surface area contributed by atoms with E-state index in [0.717, 1.165) is 6.42 Å². The first-order valence-electron chi connectivity index (χ1n) is 6.94. The van der Waals surface area contributed by atoms with E-state index in [-0.39, 0.29) is 11.2 Å². The summed E-state index contributed by atoms with van der Waals surface area (Å²) in [7, 11) is 0. The summed E-state index contributed by atoms with van der Waals surface area (Å²) in [5.74, 6) is 0.213. The predicted molar refractivity (Wildman–Crippen MR) is 89.7 cm³/mol. The van der Waals surface area contributed by atoms with Gasteiger partial charge in [0.25, 0.3) is 0 Å². The molecule has 1 unspecified atom stereocenters. The van der Waals surface area contributed by atoms with Gasteiger partial charge < -0.3 is 4.90 Å². The van der Waals surface area contributed by atoms with Crippen LogP contribution in [-0.2, 0) is 17.8 Å². The van der Waals surface area contributed by atoms with Crippen LogP contribution < -0.4 is 0 Å². The van der Waals surface area contributed by atoms with E-state index in [2.05, 4.69) is 24.8 Å². The summed E-state index contributed by atoms with van der Waals surface area (Å²) in [4.78, 5) is 17.2. The normalized spacial score (nSPS) is 16.5. The van der Waals surface area contributed by atoms with Crippen molar-refractivity contribution in [3.63, 3.8) is 0 Å². The standard InChI is InChI=1S/C17H17NOS2/c1-2-9-18(12-14-7-5-10-20-14)17(19)16-11-13-6-3-4-8-15(13)21-16/h2-8,10,16H,1,9,11-12H2. The van der Waals surface area contributed by atoms with Crippen LogP contribution in [-0.4, -0.2) is 22.6 Å². The van der Waals surface area contributed by atoms with Crippen molar-refractivity contribution in [2.24, 2.45) is 0 Å². The van der Waals surface area contributed by atoms with Gasteiger partial charge in [-0.2, -0.15) is 0 Å². The molecule has 1 amide bonds. The van der Waals surface area contributed by atoms with E-state index in [4.69, 9.17) is 0 Å². The van der Waals surface area contributed by atoms with Gasteiger partial charge >= 0.3 is 0 Å². The van der Waals surface area contributed by atoms with Gasteiger partial charge in [0.05, 0.1) is 11.8 Å². The van der Waals surface area contributed by atoms with Gasteiger partial charge in [-0.1, -0.05) is 30.3 Å². The maximum atomic E-state index is 12.8. The molecular weight excluding hydrogens is 298 g/mol. The van der Waals surface area contributed by atoms with Gasteiger partial charge in [0.2, 0.25) is 5.91 Å². The van der Waals surface area contributed by atoms with Gasteiger partial charge in [-0.25, -0.2) is 0 Å². The van der Waals surface area contributed by atoms with Gasteiger partial charge in [0, 0.05) is 16.3 Å². The van der Waals surface area contributed by atoms with Gasteiger partial charge in [-0.3, -0.25) is 4.79 Å². The summed E-state index contributed by atoms with van der Waals surface area (Å²) in [5, 5.41) is 2.05. The highest BCUT2D eigenvalue weighted by Gasteiger charge is 2.31. The lowest BCUT2D eigenvalue weighted by atomic mass is 10.1. The molecule has 2 aromatic rings. The summed E-state index contributed by atoms with van der Waals surface area (Å²) < 4.78 is 0. The highest BCUT2D eigenvalue weighted by molar-refractivity contribution is 8.01. The van der Waals surface area contributed by atoms with Crippen LogP contribution in [0.4, 0.5) is 0 Å². The predicted octanol–water partition coefficient (Wildman–Crippen LogP) is 3.98. The Kier molecular flexibility index (Phi) is 4.46. The van der Waals surface area contributed by atoms with Crippen molar-refractivity contribution in [3.8, 4) is 0 Å². The Bertz CT molecular complexity index is 611. The lowest BCUT2D eigenvalue weighted by Gasteiger charge is -2.23. The zero-order valence-electron chi connectivity index (χ0n) is 11.7. The Morgan fingerprint density at radius 3 is 2.90 bits per heavy atom. The van der Waals surface area contributed by atoms with E-state index >= 15 is 0 Å². The number of thiophene rings is 1. The van der Waals surface area contributed by atoms with E-state index in [1.165, 1.54) is 15.3 Å². The fraction of sp³-hybridized carbons (Fsp3) is 0.235. The van der Waals surface area contributed by atoms with Crippen LogP contribution >= 0.6 is 23.1 Å². The van der Waals surface area contributed by atoms with Crippen LogP contribution in [0.2, 0.25) is 0 Å². The average molecular weight is 315 g/mol. The number of fused-ring (bicyclic) bond motifs is 1. The number of hydrogen-bond acceptors (Lipinski definition) is 3. The molecular formula is C17H17NOS2. The Hall–Kier alpha value is -1.52. The molecule has 0 N–H and O–H groups in total. The van der Waals surface area contributed by atoms with Crippen LogP contribution in [0.3, 0.4) is 0 Å². The maximum absolute atomic E-state index is 12.8. The molecule has 4 heteroatoms. The fourth-order valence-electron chi connectivity index (χ4n) is 2.50. The number of carbonyl (C=O) groups is 1. The van der Waals surface area contributed by atoms with Crippen molar-refractivity contribution in [3.05, 3.63) is 64.9 Å². The molecule has 0 fully saturated rings. The van der Waals surface area contributed by atoms with Crippen molar-refractivity contribution in [1.29, 1.82) is 0 Å². The van der Waals surface area contributed by atoms with Gasteiger partial charge in [0.15, 0.2) is 0 Å². The first kappa shape index (κ1) is 14.4. The second kappa shape index (κ2) is 6.50. The summed E-state index contributed by atoms with van der Waals surface area (Å²) in [5.41, 5.74) is 1.29. The van der Waals surface area contributed by atoms with Crippen molar-refractivity contribution in [2.45, 2.75) is 23.1 Å². The molecule has 0 radical (unpaired) electrons. The van der Waals surface area contributed by atoms with E-state index in [0.29, 0.717) is 13.1 Å². The Morgan fingerprint density at radius 2 is 2.19 bits per heavy atom. The minimum absolute atomic E-state index is 0.00214. The summed E-state index contributed by atoms with van der Waals surface area (Å²) in [6, 6.07) is 12.4. The van der Waals surface area contributed by atoms with Crippen molar-refractivity contribution >= 4 is 29.0 Å². The first-order valence-corrected chi connectivity index (χ1v) is 8.70. The molecule has 1 aliphatic rings. The zero-order chi connectivity index (χ0) is 14.7. The van der Waals surface area contributed by atoms with E-state index in [1.54, 1.807) is 29.2 Å². The molecule has 21 heavy (non-hydrogen) atoms. The SMILES string of the molecule is C=CCN(Cc1cccs1)C(=O)C1Cc2ccccc2S1. The fourth-order valence-corrected chi connectivity index (χ4v) is 4.50. The molecule has 2 nitrogen and oxygen atoms in total. The third kappa shape index (κ3) is 3.22. The number of benzene rings is 1. The lowest BCUT2D eigenvalue weighted by molar-refractivity contribution is -0.130. The number of nitrogens with zero attached hydrogens (tertiary/aromatic N) is 1. The molecule has 1 atom stereocenters. The second-order valence-electron chi connectivity index (χ2n) is 5.01. The molecule has 0 saturated heterocycles. The third-order valence-corrected chi connectivity index (χ3v) is 5.68.